The van der Waals surface area contributed by atoms with Crippen LogP contribution in [0.2, 0.25) is 0 Å². The molecule has 0 aromatic heterocycles. The third kappa shape index (κ3) is 2.85. The molecule has 0 amide bonds. The monoisotopic (exact) mass is 287 g/mol. The van der Waals surface area contributed by atoms with Gasteiger partial charge in [0.1, 0.15) is 0 Å². The van der Waals surface area contributed by atoms with Gasteiger partial charge < -0.3 is 4.90 Å². The molecule has 2 heterocycles. The number of nitriles is 1. The minimum absolute atomic E-state index is 0.0555. The average Bonchev–Trinajstić information content (AvgIpc) is 2.91. The molecule has 4 heteroatoms. The highest BCUT2D eigenvalue weighted by Crippen LogP contribution is 2.39. The van der Waals surface area contributed by atoms with Gasteiger partial charge in [-0.1, -0.05) is 18.2 Å². The van der Waals surface area contributed by atoms with E-state index in [9.17, 15) is 0 Å². The number of hydrogen-bond donors (Lipinski definition) is 0. The second-order valence-electron chi connectivity index (χ2n) is 5.69. The molecule has 2 aliphatic rings. The lowest BCUT2D eigenvalue weighted by Crippen LogP contribution is -2.50. The Balaban J connectivity index is 1.55. The lowest BCUT2D eigenvalue weighted by Gasteiger charge is -2.37. The van der Waals surface area contributed by atoms with Gasteiger partial charge >= 0.3 is 0 Å². The van der Waals surface area contributed by atoms with E-state index in [1.807, 2.05) is 18.7 Å². The van der Waals surface area contributed by atoms with E-state index in [1.165, 1.54) is 22.8 Å². The van der Waals surface area contributed by atoms with Gasteiger partial charge in [-0.3, -0.25) is 4.90 Å². The van der Waals surface area contributed by atoms with Crippen LogP contribution in [0.15, 0.2) is 29.2 Å². The zero-order valence-corrected chi connectivity index (χ0v) is 12.8. The van der Waals surface area contributed by atoms with Gasteiger partial charge in [0.2, 0.25) is 0 Å². The fraction of sp³-hybridized carbons (Fsp3) is 0.562. The molecule has 1 aromatic carbocycles. The number of nitrogens with zero attached hydrogens (tertiary/aromatic N) is 3. The molecular weight excluding hydrogens is 266 g/mol. The predicted molar refractivity (Wildman–Crippen MR) is 83.0 cm³/mol. The predicted octanol–water partition coefficient (Wildman–Crippen LogP) is 2.41. The van der Waals surface area contributed by atoms with Gasteiger partial charge in [0.05, 0.1) is 12.1 Å². The Morgan fingerprint density at radius 3 is 2.80 bits per heavy atom. The Labute approximate surface area is 125 Å². The second kappa shape index (κ2) is 6.17. The lowest BCUT2D eigenvalue weighted by molar-refractivity contribution is 0.116. The van der Waals surface area contributed by atoms with Crippen molar-refractivity contribution in [2.45, 2.75) is 23.8 Å². The number of benzene rings is 1. The normalized spacial score (nSPS) is 25.1. The van der Waals surface area contributed by atoms with Gasteiger partial charge in [-0.05, 0) is 18.6 Å². The molecule has 1 fully saturated rings. The third-order valence-electron chi connectivity index (χ3n) is 4.42. The molecule has 0 N–H and O–H groups in total. The largest absolute Gasteiger partial charge is 0.300 e. The van der Waals surface area contributed by atoms with Crippen molar-refractivity contribution in [3.05, 3.63) is 29.8 Å². The summed E-state index contributed by atoms with van der Waals surface area (Å²) in [5.41, 5.74) is 1.53. The minimum atomic E-state index is 0.0555. The summed E-state index contributed by atoms with van der Waals surface area (Å²) < 4.78 is 0. The summed E-state index contributed by atoms with van der Waals surface area (Å²) in [4.78, 5) is 6.32. The first-order valence-corrected chi connectivity index (χ1v) is 8.34. The van der Waals surface area contributed by atoms with Gasteiger partial charge in [-0.25, -0.2) is 0 Å². The topological polar surface area (TPSA) is 30.3 Å². The molecule has 0 saturated carbocycles. The number of thioether (sulfide) groups is 1. The van der Waals surface area contributed by atoms with Crippen molar-refractivity contribution < 1.29 is 0 Å². The molecule has 0 aliphatic carbocycles. The van der Waals surface area contributed by atoms with E-state index in [0.29, 0.717) is 5.92 Å². The molecular formula is C16H21N3S. The van der Waals surface area contributed by atoms with Crippen molar-refractivity contribution in [2.24, 2.45) is 0 Å². The van der Waals surface area contributed by atoms with Crippen LogP contribution >= 0.6 is 11.8 Å². The average molecular weight is 287 g/mol. The molecule has 2 aliphatic heterocycles. The molecule has 1 aromatic rings. The standard InChI is InChI=1S/C16H21N3S/c1-13(10-17)19-8-6-18(7-9-19)11-14-12-20-16-5-3-2-4-15(14)16/h2-5,13-14H,6-9,11-12H2,1H3. The molecule has 3 rings (SSSR count). The first kappa shape index (κ1) is 13.9. The lowest BCUT2D eigenvalue weighted by atomic mass is 10.0. The Bertz CT molecular complexity index is 503. The summed E-state index contributed by atoms with van der Waals surface area (Å²) in [7, 11) is 0. The smallest absolute Gasteiger partial charge is 0.0950 e. The van der Waals surface area contributed by atoms with Crippen molar-refractivity contribution in [3.8, 4) is 6.07 Å². The Morgan fingerprint density at radius 2 is 2.05 bits per heavy atom. The van der Waals surface area contributed by atoms with Crippen molar-refractivity contribution in [2.75, 3.05) is 38.5 Å². The first-order valence-electron chi connectivity index (χ1n) is 7.35. The fourth-order valence-electron chi connectivity index (χ4n) is 3.11. The molecule has 1 saturated heterocycles. The van der Waals surface area contributed by atoms with Gasteiger partial charge in [-0.15, -0.1) is 11.8 Å². The molecule has 2 unspecified atom stereocenters. The van der Waals surface area contributed by atoms with Crippen LogP contribution in [0.25, 0.3) is 0 Å². The van der Waals surface area contributed by atoms with Crippen LogP contribution in [0.5, 0.6) is 0 Å². The van der Waals surface area contributed by atoms with Crippen molar-refractivity contribution in [1.82, 2.24) is 9.80 Å². The Hall–Kier alpha value is -1.02. The molecule has 2 atom stereocenters. The maximum absolute atomic E-state index is 8.98. The molecule has 20 heavy (non-hydrogen) atoms. The quantitative estimate of drug-likeness (QED) is 0.854. The van der Waals surface area contributed by atoms with E-state index in [1.54, 1.807) is 0 Å². The molecule has 0 bridgehead atoms. The summed E-state index contributed by atoms with van der Waals surface area (Å²) in [6.07, 6.45) is 0. The molecule has 3 nitrogen and oxygen atoms in total. The van der Waals surface area contributed by atoms with E-state index < -0.39 is 0 Å². The summed E-state index contributed by atoms with van der Waals surface area (Å²) in [5, 5.41) is 8.98. The first-order chi connectivity index (χ1) is 9.78. The van der Waals surface area contributed by atoms with Crippen molar-refractivity contribution in [1.29, 1.82) is 5.26 Å². The highest BCUT2D eigenvalue weighted by atomic mass is 32.2. The zero-order chi connectivity index (χ0) is 13.9. The van der Waals surface area contributed by atoms with Gasteiger partial charge in [0.25, 0.3) is 0 Å². The third-order valence-corrected chi connectivity index (χ3v) is 5.67. The molecule has 0 radical (unpaired) electrons. The second-order valence-corrected chi connectivity index (χ2v) is 6.75. The van der Waals surface area contributed by atoms with Crippen LogP contribution in [0.1, 0.15) is 18.4 Å². The Kier molecular flexibility index (Phi) is 4.30. The van der Waals surface area contributed by atoms with E-state index in [2.05, 4.69) is 40.1 Å². The number of hydrogen-bond acceptors (Lipinski definition) is 4. The number of rotatable bonds is 3. The number of fused-ring (bicyclic) bond motifs is 1. The summed E-state index contributed by atoms with van der Waals surface area (Å²) >= 11 is 1.99. The minimum Gasteiger partial charge on any atom is -0.300 e. The van der Waals surface area contributed by atoms with Crippen molar-refractivity contribution >= 4 is 11.8 Å². The highest BCUT2D eigenvalue weighted by Gasteiger charge is 2.27. The van der Waals surface area contributed by atoms with Crippen LogP contribution in [-0.2, 0) is 0 Å². The van der Waals surface area contributed by atoms with E-state index in [4.69, 9.17) is 5.26 Å². The van der Waals surface area contributed by atoms with Crippen molar-refractivity contribution in [3.63, 3.8) is 0 Å². The van der Waals surface area contributed by atoms with Gasteiger partial charge in [-0.2, -0.15) is 5.26 Å². The van der Waals surface area contributed by atoms with Crippen LogP contribution in [0, 0.1) is 11.3 Å². The molecule has 0 spiro atoms. The van der Waals surface area contributed by atoms with E-state index >= 15 is 0 Å². The SMILES string of the molecule is CC(C#N)N1CCN(CC2CSc3ccccc32)CC1. The van der Waals surface area contributed by atoms with Crippen LogP contribution in [0.4, 0.5) is 0 Å². The highest BCUT2D eigenvalue weighted by molar-refractivity contribution is 7.99. The summed E-state index contributed by atoms with van der Waals surface area (Å²) in [6.45, 7) is 7.40. The summed E-state index contributed by atoms with van der Waals surface area (Å²) in [6, 6.07) is 11.2. The summed E-state index contributed by atoms with van der Waals surface area (Å²) in [5.74, 6) is 1.89. The van der Waals surface area contributed by atoms with E-state index in [0.717, 1.165) is 26.2 Å². The van der Waals surface area contributed by atoms with Crippen LogP contribution in [-0.4, -0.2) is 54.3 Å². The number of piperazine rings is 1. The maximum Gasteiger partial charge on any atom is 0.0950 e. The zero-order valence-electron chi connectivity index (χ0n) is 12.0. The van der Waals surface area contributed by atoms with E-state index in [-0.39, 0.29) is 6.04 Å². The van der Waals surface area contributed by atoms with Gasteiger partial charge in [0.15, 0.2) is 0 Å². The van der Waals surface area contributed by atoms with Crippen LogP contribution < -0.4 is 0 Å². The Morgan fingerprint density at radius 1 is 1.30 bits per heavy atom. The molecule has 106 valence electrons. The van der Waals surface area contributed by atoms with Crippen LogP contribution in [0.3, 0.4) is 0 Å². The van der Waals surface area contributed by atoms with Gasteiger partial charge in [0, 0.05) is 49.3 Å². The maximum atomic E-state index is 8.98. The fourth-order valence-corrected chi connectivity index (χ4v) is 4.35.